The highest BCUT2D eigenvalue weighted by atomic mass is 16.5. The van der Waals surface area contributed by atoms with Gasteiger partial charge in [0.05, 0.1) is 7.11 Å². The largest absolute Gasteiger partial charge is 0.497 e. The van der Waals surface area contributed by atoms with Gasteiger partial charge in [0.25, 0.3) is 0 Å². The number of nitrogens with one attached hydrogen (secondary N) is 2. The van der Waals surface area contributed by atoms with Crippen molar-refractivity contribution in [2.45, 2.75) is 13.5 Å². The number of ether oxygens (including phenoxy) is 1. The van der Waals surface area contributed by atoms with Gasteiger partial charge in [0, 0.05) is 18.3 Å². The summed E-state index contributed by atoms with van der Waals surface area (Å²) < 4.78 is 5.16. The molecule has 3 rings (SSSR count). The van der Waals surface area contributed by atoms with Crippen molar-refractivity contribution in [2.75, 3.05) is 17.7 Å². The van der Waals surface area contributed by atoms with Gasteiger partial charge in [0.2, 0.25) is 0 Å². The second-order valence-corrected chi connectivity index (χ2v) is 5.43. The van der Waals surface area contributed by atoms with E-state index in [0.29, 0.717) is 6.54 Å². The molecule has 0 aliphatic carbocycles. The van der Waals surface area contributed by atoms with Crippen LogP contribution in [0.4, 0.5) is 17.3 Å². The lowest BCUT2D eigenvalue weighted by molar-refractivity contribution is 0.414. The molecule has 5 heteroatoms. The highest BCUT2D eigenvalue weighted by Gasteiger charge is 2.02. The van der Waals surface area contributed by atoms with Crippen LogP contribution in [0.15, 0.2) is 60.9 Å². The zero-order chi connectivity index (χ0) is 16.8. The SMILES string of the molecule is COc1ccc(CNc2cc(Nc3ccccc3C)ncn2)cc1. The molecule has 24 heavy (non-hydrogen) atoms. The molecule has 0 saturated heterocycles. The molecule has 122 valence electrons. The van der Waals surface area contributed by atoms with Crippen molar-refractivity contribution in [2.24, 2.45) is 0 Å². The first kappa shape index (κ1) is 15.8. The summed E-state index contributed by atoms with van der Waals surface area (Å²) in [6.07, 6.45) is 1.55. The number of hydrogen-bond donors (Lipinski definition) is 2. The van der Waals surface area contributed by atoms with Crippen molar-refractivity contribution >= 4 is 17.3 Å². The Kier molecular flexibility index (Phi) is 4.91. The number of para-hydroxylation sites is 1. The first-order valence-corrected chi connectivity index (χ1v) is 7.76. The van der Waals surface area contributed by atoms with Gasteiger partial charge in [-0.1, -0.05) is 30.3 Å². The minimum atomic E-state index is 0.685. The summed E-state index contributed by atoms with van der Waals surface area (Å²) in [5, 5.41) is 6.63. The third-order valence-corrected chi connectivity index (χ3v) is 3.71. The normalized spacial score (nSPS) is 10.2. The molecule has 0 aliphatic rings. The first-order valence-electron chi connectivity index (χ1n) is 7.76. The standard InChI is InChI=1S/C19H20N4O/c1-14-5-3-4-6-17(14)23-19-11-18(21-13-22-19)20-12-15-7-9-16(24-2)10-8-15/h3-11,13H,12H2,1-2H3,(H2,20,21,22,23). The van der Waals surface area contributed by atoms with E-state index >= 15 is 0 Å². The zero-order valence-corrected chi connectivity index (χ0v) is 13.8. The number of aryl methyl sites for hydroxylation is 1. The van der Waals surface area contributed by atoms with Crippen molar-refractivity contribution in [3.05, 3.63) is 72.1 Å². The second kappa shape index (κ2) is 7.46. The molecule has 2 aromatic carbocycles. The van der Waals surface area contributed by atoms with E-state index in [9.17, 15) is 0 Å². The number of hydrogen-bond acceptors (Lipinski definition) is 5. The summed E-state index contributed by atoms with van der Waals surface area (Å²) >= 11 is 0. The molecular formula is C19H20N4O. The summed E-state index contributed by atoms with van der Waals surface area (Å²) in [4.78, 5) is 8.54. The molecule has 0 radical (unpaired) electrons. The van der Waals surface area contributed by atoms with Crippen LogP contribution in [0, 0.1) is 6.92 Å². The Hall–Kier alpha value is -3.08. The lowest BCUT2D eigenvalue weighted by Crippen LogP contribution is -2.03. The van der Waals surface area contributed by atoms with Crippen molar-refractivity contribution in [1.82, 2.24) is 9.97 Å². The van der Waals surface area contributed by atoms with Gasteiger partial charge < -0.3 is 15.4 Å². The van der Waals surface area contributed by atoms with Gasteiger partial charge in [-0.25, -0.2) is 9.97 Å². The van der Waals surface area contributed by atoms with Crippen molar-refractivity contribution in [3.8, 4) is 5.75 Å². The van der Waals surface area contributed by atoms with Crippen LogP contribution >= 0.6 is 0 Å². The third kappa shape index (κ3) is 4.01. The molecular weight excluding hydrogens is 300 g/mol. The van der Waals surface area contributed by atoms with Crippen molar-refractivity contribution < 1.29 is 4.74 Å². The Morgan fingerprint density at radius 2 is 1.71 bits per heavy atom. The molecule has 0 amide bonds. The van der Waals surface area contributed by atoms with Gasteiger partial charge in [-0.2, -0.15) is 0 Å². The van der Waals surface area contributed by atoms with Gasteiger partial charge in [-0.3, -0.25) is 0 Å². The summed E-state index contributed by atoms with van der Waals surface area (Å²) in [6.45, 7) is 2.75. The van der Waals surface area contributed by atoms with Gasteiger partial charge in [0.15, 0.2) is 0 Å². The number of methoxy groups -OCH3 is 1. The van der Waals surface area contributed by atoms with E-state index in [2.05, 4.69) is 33.6 Å². The highest BCUT2D eigenvalue weighted by molar-refractivity contribution is 5.62. The maximum atomic E-state index is 5.16. The summed E-state index contributed by atoms with van der Waals surface area (Å²) in [7, 11) is 1.66. The molecule has 1 aromatic heterocycles. The van der Waals surface area contributed by atoms with Crippen LogP contribution in [0.1, 0.15) is 11.1 Å². The number of aromatic nitrogens is 2. The van der Waals surface area contributed by atoms with E-state index < -0.39 is 0 Å². The molecule has 1 heterocycles. The lowest BCUT2D eigenvalue weighted by atomic mass is 10.2. The third-order valence-electron chi connectivity index (χ3n) is 3.71. The van der Waals surface area contributed by atoms with Crippen LogP contribution in [0.2, 0.25) is 0 Å². The molecule has 0 spiro atoms. The van der Waals surface area contributed by atoms with Gasteiger partial charge in [-0.05, 0) is 36.2 Å². The Morgan fingerprint density at radius 1 is 0.958 bits per heavy atom. The maximum Gasteiger partial charge on any atom is 0.135 e. The van der Waals surface area contributed by atoms with Crippen LogP contribution in [-0.2, 0) is 6.54 Å². The number of nitrogens with zero attached hydrogens (tertiary/aromatic N) is 2. The lowest BCUT2D eigenvalue weighted by Gasteiger charge is -2.10. The Morgan fingerprint density at radius 3 is 2.46 bits per heavy atom. The van der Waals surface area contributed by atoms with E-state index in [4.69, 9.17) is 4.74 Å². The zero-order valence-electron chi connectivity index (χ0n) is 13.8. The summed E-state index contributed by atoms with van der Waals surface area (Å²) in [6, 6.07) is 18.0. The number of benzene rings is 2. The van der Waals surface area contributed by atoms with Crippen molar-refractivity contribution in [1.29, 1.82) is 0 Å². The van der Waals surface area contributed by atoms with E-state index in [-0.39, 0.29) is 0 Å². The van der Waals surface area contributed by atoms with Crippen molar-refractivity contribution in [3.63, 3.8) is 0 Å². The topological polar surface area (TPSA) is 59.1 Å². The Labute approximate surface area is 141 Å². The van der Waals surface area contributed by atoms with Crippen LogP contribution in [-0.4, -0.2) is 17.1 Å². The van der Waals surface area contributed by atoms with Crippen LogP contribution < -0.4 is 15.4 Å². The van der Waals surface area contributed by atoms with E-state index in [1.807, 2.05) is 48.5 Å². The average molecular weight is 320 g/mol. The minimum absolute atomic E-state index is 0.685. The Bertz CT molecular complexity index is 802. The van der Waals surface area contributed by atoms with Gasteiger partial charge in [0.1, 0.15) is 23.7 Å². The molecule has 0 unspecified atom stereocenters. The van der Waals surface area contributed by atoms with E-state index in [0.717, 1.165) is 28.6 Å². The van der Waals surface area contributed by atoms with Crippen LogP contribution in [0.25, 0.3) is 0 Å². The van der Waals surface area contributed by atoms with Gasteiger partial charge in [-0.15, -0.1) is 0 Å². The molecule has 0 aliphatic heterocycles. The molecule has 2 N–H and O–H groups in total. The Balaban J connectivity index is 1.65. The highest BCUT2D eigenvalue weighted by Crippen LogP contribution is 2.20. The molecule has 3 aromatic rings. The molecule has 0 bridgehead atoms. The van der Waals surface area contributed by atoms with Crippen LogP contribution in [0.3, 0.4) is 0 Å². The maximum absolute atomic E-state index is 5.16. The average Bonchev–Trinajstić information content (AvgIpc) is 2.63. The smallest absolute Gasteiger partial charge is 0.135 e. The summed E-state index contributed by atoms with van der Waals surface area (Å²) in [5.41, 5.74) is 3.36. The van der Waals surface area contributed by atoms with Gasteiger partial charge >= 0.3 is 0 Å². The quantitative estimate of drug-likeness (QED) is 0.714. The molecule has 5 nitrogen and oxygen atoms in total. The fraction of sp³-hybridized carbons (Fsp3) is 0.158. The predicted molar refractivity (Wildman–Crippen MR) is 96.8 cm³/mol. The number of rotatable bonds is 6. The first-order chi connectivity index (χ1) is 11.7. The number of anilines is 3. The predicted octanol–water partition coefficient (Wildman–Crippen LogP) is 4.15. The minimum Gasteiger partial charge on any atom is -0.497 e. The molecule has 0 saturated carbocycles. The van der Waals surface area contributed by atoms with E-state index in [1.165, 1.54) is 5.56 Å². The summed E-state index contributed by atoms with van der Waals surface area (Å²) in [5.74, 6) is 2.39. The van der Waals surface area contributed by atoms with E-state index in [1.54, 1.807) is 13.4 Å². The fourth-order valence-corrected chi connectivity index (χ4v) is 2.31. The van der Waals surface area contributed by atoms with Crippen LogP contribution in [0.5, 0.6) is 5.75 Å². The second-order valence-electron chi connectivity index (χ2n) is 5.43. The fourth-order valence-electron chi connectivity index (χ4n) is 2.31. The monoisotopic (exact) mass is 320 g/mol. The molecule has 0 fully saturated rings. The molecule has 0 atom stereocenters.